The first-order valence-electron chi connectivity index (χ1n) is 4.87. The molecule has 0 heterocycles. The molecule has 0 aromatic heterocycles. The number of hydrogen-bond acceptors (Lipinski definition) is 2. The Morgan fingerprint density at radius 1 is 1.33 bits per heavy atom. The quantitative estimate of drug-likeness (QED) is 0.426. The van der Waals surface area contributed by atoms with E-state index in [2.05, 4.69) is 11.8 Å². The molecule has 2 heteroatoms. The molecule has 0 fully saturated rings. The van der Waals surface area contributed by atoms with Gasteiger partial charge in [0.2, 0.25) is 0 Å². The van der Waals surface area contributed by atoms with Gasteiger partial charge in [0, 0.05) is 12.0 Å². The summed E-state index contributed by atoms with van der Waals surface area (Å²) < 4.78 is 5.43. The summed E-state index contributed by atoms with van der Waals surface area (Å²) in [5.41, 5.74) is 0.704. The van der Waals surface area contributed by atoms with Crippen LogP contribution in [0.2, 0.25) is 0 Å². The van der Waals surface area contributed by atoms with Crippen LogP contribution in [0.25, 0.3) is 0 Å². The number of carbonyl (C=O) groups is 1. The van der Waals surface area contributed by atoms with E-state index in [0.717, 1.165) is 12.2 Å². The number of benzene rings is 1. The first-order valence-corrected chi connectivity index (χ1v) is 4.87. The van der Waals surface area contributed by atoms with E-state index < -0.39 is 0 Å². The van der Waals surface area contributed by atoms with Gasteiger partial charge in [0.05, 0.1) is 6.61 Å². The van der Waals surface area contributed by atoms with E-state index in [1.807, 2.05) is 6.92 Å². The monoisotopic (exact) mass is 202 g/mol. The average Bonchev–Trinajstić information content (AvgIpc) is 2.25. The number of ketones is 1. The lowest BCUT2D eigenvalue weighted by Crippen LogP contribution is -1.97. The Kier molecular flexibility index (Phi) is 4.43. The van der Waals surface area contributed by atoms with Gasteiger partial charge in [-0.15, -0.1) is 11.8 Å². The molecule has 1 aromatic rings. The van der Waals surface area contributed by atoms with Gasteiger partial charge in [-0.3, -0.25) is 4.79 Å². The standard InChI is InChI=1S/C13H14O2/c1-3-4-5-10-15-13-8-6-12(7-9-13)11(2)14/h6-9H,5,10H2,1-2H3. The second-order valence-electron chi connectivity index (χ2n) is 3.11. The maximum Gasteiger partial charge on any atom is 0.159 e. The second-order valence-corrected chi connectivity index (χ2v) is 3.11. The minimum absolute atomic E-state index is 0.0680. The summed E-state index contributed by atoms with van der Waals surface area (Å²) in [6.45, 7) is 3.94. The Hall–Kier alpha value is -1.75. The van der Waals surface area contributed by atoms with Crippen molar-refractivity contribution in [3.63, 3.8) is 0 Å². The van der Waals surface area contributed by atoms with Crippen LogP contribution in [0.5, 0.6) is 5.75 Å². The zero-order chi connectivity index (χ0) is 11.1. The normalized spacial score (nSPS) is 8.93. The van der Waals surface area contributed by atoms with Crippen molar-refractivity contribution in [1.29, 1.82) is 0 Å². The molecular formula is C13H14O2. The lowest BCUT2D eigenvalue weighted by atomic mass is 10.1. The van der Waals surface area contributed by atoms with Crippen LogP contribution in [0.15, 0.2) is 24.3 Å². The third-order valence-corrected chi connectivity index (χ3v) is 1.93. The van der Waals surface area contributed by atoms with Gasteiger partial charge in [-0.1, -0.05) is 0 Å². The van der Waals surface area contributed by atoms with Crippen LogP contribution in [0.4, 0.5) is 0 Å². The van der Waals surface area contributed by atoms with E-state index in [4.69, 9.17) is 4.74 Å². The van der Waals surface area contributed by atoms with Crippen molar-refractivity contribution in [2.45, 2.75) is 20.3 Å². The molecule has 0 bridgehead atoms. The van der Waals surface area contributed by atoms with Crippen LogP contribution >= 0.6 is 0 Å². The SMILES string of the molecule is CC#CCCOc1ccc(C(C)=O)cc1. The van der Waals surface area contributed by atoms with Crippen LogP contribution < -0.4 is 4.74 Å². The minimum Gasteiger partial charge on any atom is -0.493 e. The van der Waals surface area contributed by atoms with Gasteiger partial charge < -0.3 is 4.74 Å². The molecule has 0 saturated carbocycles. The lowest BCUT2D eigenvalue weighted by molar-refractivity contribution is 0.101. The summed E-state index contributed by atoms with van der Waals surface area (Å²) >= 11 is 0. The van der Waals surface area contributed by atoms with E-state index >= 15 is 0 Å². The van der Waals surface area contributed by atoms with Gasteiger partial charge >= 0.3 is 0 Å². The molecule has 2 nitrogen and oxygen atoms in total. The van der Waals surface area contributed by atoms with E-state index in [0.29, 0.717) is 12.2 Å². The Bertz CT molecular complexity index is 379. The van der Waals surface area contributed by atoms with E-state index in [-0.39, 0.29) is 5.78 Å². The topological polar surface area (TPSA) is 26.3 Å². The van der Waals surface area contributed by atoms with Gasteiger partial charge in [0.15, 0.2) is 5.78 Å². The van der Waals surface area contributed by atoms with Gasteiger partial charge in [0.1, 0.15) is 5.75 Å². The van der Waals surface area contributed by atoms with Crippen LogP contribution in [0, 0.1) is 11.8 Å². The second kappa shape index (κ2) is 5.87. The third kappa shape index (κ3) is 3.86. The maximum absolute atomic E-state index is 11.0. The molecule has 0 radical (unpaired) electrons. The van der Waals surface area contributed by atoms with Crippen molar-refractivity contribution >= 4 is 5.78 Å². The minimum atomic E-state index is 0.0680. The summed E-state index contributed by atoms with van der Waals surface area (Å²) in [6, 6.07) is 7.14. The molecular weight excluding hydrogens is 188 g/mol. The Morgan fingerprint density at radius 2 is 2.00 bits per heavy atom. The average molecular weight is 202 g/mol. The van der Waals surface area contributed by atoms with Gasteiger partial charge in [-0.05, 0) is 38.1 Å². The highest BCUT2D eigenvalue weighted by molar-refractivity contribution is 5.94. The molecule has 0 N–H and O–H groups in total. The Labute approximate surface area is 90.3 Å². The summed E-state index contributed by atoms with van der Waals surface area (Å²) in [7, 11) is 0. The van der Waals surface area contributed by atoms with Gasteiger partial charge in [0.25, 0.3) is 0 Å². The van der Waals surface area contributed by atoms with Crippen LogP contribution in [0.3, 0.4) is 0 Å². The molecule has 1 rings (SSSR count). The summed E-state index contributed by atoms with van der Waals surface area (Å²) in [5, 5.41) is 0. The third-order valence-electron chi connectivity index (χ3n) is 1.93. The van der Waals surface area contributed by atoms with E-state index in [1.165, 1.54) is 0 Å². The highest BCUT2D eigenvalue weighted by atomic mass is 16.5. The molecule has 0 aliphatic heterocycles. The Balaban J connectivity index is 2.48. The van der Waals surface area contributed by atoms with Crippen LogP contribution in [-0.4, -0.2) is 12.4 Å². The molecule has 0 spiro atoms. The summed E-state index contributed by atoms with van der Waals surface area (Å²) in [6.07, 6.45) is 0.727. The predicted octanol–water partition coefficient (Wildman–Crippen LogP) is 2.68. The molecule has 0 atom stereocenters. The maximum atomic E-state index is 11.0. The molecule has 1 aromatic carbocycles. The number of rotatable bonds is 4. The van der Waals surface area contributed by atoms with Crippen molar-refractivity contribution < 1.29 is 9.53 Å². The fourth-order valence-corrected chi connectivity index (χ4v) is 1.13. The van der Waals surface area contributed by atoms with Crippen LogP contribution in [0.1, 0.15) is 30.6 Å². The highest BCUT2D eigenvalue weighted by Crippen LogP contribution is 2.12. The predicted molar refractivity (Wildman–Crippen MR) is 60.0 cm³/mol. The van der Waals surface area contributed by atoms with Crippen molar-refractivity contribution in [3.8, 4) is 17.6 Å². The zero-order valence-electron chi connectivity index (χ0n) is 9.04. The largest absolute Gasteiger partial charge is 0.493 e. The van der Waals surface area contributed by atoms with Gasteiger partial charge in [-0.2, -0.15) is 0 Å². The van der Waals surface area contributed by atoms with Crippen molar-refractivity contribution in [3.05, 3.63) is 29.8 Å². The van der Waals surface area contributed by atoms with Crippen LogP contribution in [-0.2, 0) is 0 Å². The smallest absolute Gasteiger partial charge is 0.159 e. The fourth-order valence-electron chi connectivity index (χ4n) is 1.13. The first-order chi connectivity index (χ1) is 7.24. The summed E-state index contributed by atoms with van der Waals surface area (Å²) in [5.74, 6) is 6.57. The lowest BCUT2D eigenvalue weighted by Gasteiger charge is -2.03. The number of ether oxygens (including phenoxy) is 1. The molecule has 0 aliphatic rings. The van der Waals surface area contributed by atoms with E-state index in [1.54, 1.807) is 31.2 Å². The van der Waals surface area contributed by atoms with E-state index in [9.17, 15) is 4.79 Å². The van der Waals surface area contributed by atoms with Crippen molar-refractivity contribution in [2.75, 3.05) is 6.61 Å². The molecule has 78 valence electrons. The number of Topliss-reactive ketones (excluding diaryl/α,β-unsaturated/α-hetero) is 1. The highest BCUT2D eigenvalue weighted by Gasteiger charge is 1.98. The Morgan fingerprint density at radius 3 is 2.53 bits per heavy atom. The van der Waals surface area contributed by atoms with Crippen molar-refractivity contribution in [2.24, 2.45) is 0 Å². The first kappa shape index (κ1) is 11.3. The number of carbonyl (C=O) groups excluding carboxylic acids is 1. The van der Waals surface area contributed by atoms with Crippen molar-refractivity contribution in [1.82, 2.24) is 0 Å². The fraction of sp³-hybridized carbons (Fsp3) is 0.308. The molecule has 15 heavy (non-hydrogen) atoms. The zero-order valence-corrected chi connectivity index (χ0v) is 9.04. The molecule has 0 unspecified atom stereocenters. The van der Waals surface area contributed by atoms with Gasteiger partial charge in [-0.25, -0.2) is 0 Å². The summed E-state index contributed by atoms with van der Waals surface area (Å²) in [4.78, 5) is 11.0. The molecule has 0 aliphatic carbocycles. The molecule has 0 saturated heterocycles. The number of hydrogen-bond donors (Lipinski definition) is 0. The molecule has 0 amide bonds.